The first-order valence-corrected chi connectivity index (χ1v) is 10.0. The van der Waals surface area contributed by atoms with Gasteiger partial charge in [0.2, 0.25) is 0 Å². The molecule has 2 aliphatic carbocycles. The van der Waals surface area contributed by atoms with Crippen LogP contribution in [0.25, 0.3) is 0 Å². The van der Waals surface area contributed by atoms with Crippen molar-refractivity contribution >= 4 is 17.9 Å². The molecule has 3 fully saturated rings. The van der Waals surface area contributed by atoms with E-state index < -0.39 is 12.0 Å². The Morgan fingerprint density at radius 3 is 2.30 bits per heavy atom. The molecule has 1 aliphatic heterocycles. The molecule has 8 heteroatoms. The summed E-state index contributed by atoms with van der Waals surface area (Å²) >= 11 is 0. The van der Waals surface area contributed by atoms with Crippen LogP contribution in [0, 0.1) is 0 Å². The molecule has 3 N–H and O–H groups in total. The number of amides is 3. The van der Waals surface area contributed by atoms with Crippen molar-refractivity contribution in [2.24, 2.45) is 0 Å². The lowest BCUT2D eigenvalue weighted by Crippen LogP contribution is -2.57. The zero-order valence-electron chi connectivity index (χ0n) is 16.8. The Morgan fingerprint density at radius 1 is 1.22 bits per heavy atom. The Morgan fingerprint density at radius 2 is 1.85 bits per heavy atom. The maximum absolute atomic E-state index is 11.3. The lowest BCUT2D eigenvalue weighted by molar-refractivity contribution is -0.151. The molecule has 3 amide bonds. The largest absolute Gasteiger partial charge is 0.465 e. The second-order valence-corrected chi connectivity index (χ2v) is 8.53. The monoisotopic (exact) mass is 382 g/mol. The summed E-state index contributed by atoms with van der Waals surface area (Å²) in [6, 6.07) is 0.976. The summed E-state index contributed by atoms with van der Waals surface area (Å²) in [7, 11) is 0. The predicted octanol–water partition coefficient (Wildman–Crippen LogP) is 1.40. The second-order valence-electron chi connectivity index (χ2n) is 8.53. The van der Waals surface area contributed by atoms with Gasteiger partial charge in [0.05, 0.1) is 0 Å². The number of carbonyl (C=O) groups excluding carboxylic acids is 2. The van der Waals surface area contributed by atoms with Gasteiger partial charge in [0.25, 0.3) is 0 Å². The average molecular weight is 383 g/mol. The zero-order valence-corrected chi connectivity index (χ0v) is 16.8. The minimum Gasteiger partial charge on any atom is -0.465 e. The summed E-state index contributed by atoms with van der Waals surface area (Å²) in [4.78, 5) is 36.4. The van der Waals surface area contributed by atoms with Crippen molar-refractivity contribution in [3.63, 3.8) is 0 Å². The number of carbonyl (C=O) groups is 3. The van der Waals surface area contributed by atoms with Gasteiger partial charge in [0, 0.05) is 43.8 Å². The van der Waals surface area contributed by atoms with Gasteiger partial charge >= 0.3 is 17.9 Å². The smallest absolute Gasteiger partial charge is 0.407 e. The molecule has 0 aromatic rings. The number of hydrogen-bond donors (Lipinski definition) is 3. The number of carboxylic acid groups (broad SMARTS) is 1. The van der Waals surface area contributed by atoms with E-state index in [1.54, 1.807) is 4.90 Å². The number of nitrogens with zero attached hydrogens (tertiary/aromatic N) is 2. The topological polar surface area (TPSA) is 102 Å². The van der Waals surface area contributed by atoms with E-state index in [1.807, 2.05) is 20.8 Å². The molecular formula is C19H34N4O4. The normalized spacial score (nSPS) is 20.8. The molecule has 1 saturated heterocycles. The van der Waals surface area contributed by atoms with Gasteiger partial charge in [0.15, 0.2) is 0 Å². The van der Waals surface area contributed by atoms with Crippen LogP contribution in [0.2, 0.25) is 0 Å². The van der Waals surface area contributed by atoms with Crippen molar-refractivity contribution in [2.75, 3.05) is 26.2 Å². The van der Waals surface area contributed by atoms with Crippen molar-refractivity contribution in [1.29, 1.82) is 0 Å². The van der Waals surface area contributed by atoms with Crippen molar-refractivity contribution in [2.45, 2.75) is 76.9 Å². The van der Waals surface area contributed by atoms with Gasteiger partial charge in [-0.15, -0.1) is 0 Å². The summed E-state index contributed by atoms with van der Waals surface area (Å²) in [5.74, 6) is -0.779. The van der Waals surface area contributed by atoms with Crippen molar-refractivity contribution < 1.29 is 19.5 Å². The lowest BCUT2D eigenvalue weighted by Gasteiger charge is -2.39. The van der Waals surface area contributed by atoms with Crippen LogP contribution in [-0.4, -0.2) is 76.6 Å². The summed E-state index contributed by atoms with van der Waals surface area (Å²) in [6.45, 7) is 8.39. The van der Waals surface area contributed by atoms with E-state index in [9.17, 15) is 14.4 Å². The Bertz CT molecular complexity index is 538. The van der Waals surface area contributed by atoms with E-state index in [1.165, 1.54) is 30.6 Å². The van der Waals surface area contributed by atoms with Crippen LogP contribution in [0.1, 0.15) is 59.3 Å². The van der Waals surface area contributed by atoms with Crippen LogP contribution in [0.4, 0.5) is 4.79 Å². The Labute approximate surface area is 161 Å². The average Bonchev–Trinajstić information content (AvgIpc) is 2.47. The van der Waals surface area contributed by atoms with Crippen LogP contribution < -0.4 is 10.6 Å². The van der Waals surface area contributed by atoms with Crippen LogP contribution in [-0.2, 0) is 9.59 Å². The third-order valence-corrected chi connectivity index (χ3v) is 5.52. The van der Waals surface area contributed by atoms with E-state index in [4.69, 9.17) is 5.11 Å². The molecule has 2 saturated carbocycles. The van der Waals surface area contributed by atoms with Gasteiger partial charge in [-0.3, -0.25) is 9.59 Å². The summed E-state index contributed by atoms with van der Waals surface area (Å²) in [5.41, 5.74) is -0.312. The molecule has 0 aromatic heterocycles. The van der Waals surface area contributed by atoms with E-state index in [0.717, 1.165) is 19.4 Å². The second kappa shape index (κ2) is 9.39. The number of hydrogen-bond acceptors (Lipinski definition) is 4. The van der Waals surface area contributed by atoms with Crippen LogP contribution in [0.5, 0.6) is 0 Å². The van der Waals surface area contributed by atoms with E-state index in [-0.39, 0.29) is 11.4 Å². The summed E-state index contributed by atoms with van der Waals surface area (Å²) < 4.78 is 0. The molecule has 3 aliphatic rings. The predicted molar refractivity (Wildman–Crippen MR) is 102 cm³/mol. The molecular weight excluding hydrogens is 348 g/mol. The minimum absolute atomic E-state index is 0.312. The third kappa shape index (κ3) is 6.09. The molecule has 0 bridgehead atoms. The van der Waals surface area contributed by atoms with E-state index in [0.29, 0.717) is 31.7 Å². The van der Waals surface area contributed by atoms with Gasteiger partial charge < -0.3 is 25.5 Å². The summed E-state index contributed by atoms with van der Waals surface area (Å²) in [6.07, 6.45) is 6.27. The van der Waals surface area contributed by atoms with Gasteiger partial charge in [0.1, 0.15) is 0 Å². The number of nitrogens with one attached hydrogen (secondary N) is 2. The fourth-order valence-corrected chi connectivity index (χ4v) is 3.36. The van der Waals surface area contributed by atoms with Crippen LogP contribution in [0.15, 0.2) is 0 Å². The fourth-order valence-electron chi connectivity index (χ4n) is 3.36. The highest BCUT2D eigenvalue weighted by molar-refractivity contribution is 6.35. The first-order valence-electron chi connectivity index (χ1n) is 10.0. The number of rotatable bonds is 5. The highest BCUT2D eigenvalue weighted by Crippen LogP contribution is 2.25. The SMILES string of the molecule is CC(C)(C)N(CCNC1CCC1)C(=O)O.O=C1NCCN(C2CCC2)C1=O. The van der Waals surface area contributed by atoms with E-state index in [2.05, 4.69) is 10.6 Å². The van der Waals surface area contributed by atoms with Gasteiger partial charge in [-0.05, 0) is 52.9 Å². The van der Waals surface area contributed by atoms with Crippen molar-refractivity contribution in [1.82, 2.24) is 20.4 Å². The molecule has 0 radical (unpaired) electrons. The molecule has 0 unspecified atom stereocenters. The lowest BCUT2D eigenvalue weighted by atomic mass is 9.91. The maximum atomic E-state index is 11.3. The molecule has 154 valence electrons. The first-order chi connectivity index (χ1) is 12.7. The molecule has 0 spiro atoms. The van der Waals surface area contributed by atoms with Gasteiger partial charge in [-0.25, -0.2) is 4.79 Å². The van der Waals surface area contributed by atoms with E-state index >= 15 is 0 Å². The first kappa shape index (κ1) is 21.5. The highest BCUT2D eigenvalue weighted by atomic mass is 16.4. The minimum atomic E-state index is -0.835. The Balaban J connectivity index is 0.000000198. The van der Waals surface area contributed by atoms with Crippen LogP contribution >= 0.6 is 0 Å². The van der Waals surface area contributed by atoms with Gasteiger partial charge in [-0.2, -0.15) is 0 Å². The zero-order chi connectivity index (χ0) is 20.0. The van der Waals surface area contributed by atoms with Crippen LogP contribution in [0.3, 0.4) is 0 Å². The standard InChI is InChI=1S/C11H22N2O2.C8H12N2O2/c1-11(2,3)13(10(14)15)8-7-12-9-5-4-6-9;11-7-8(12)10(5-4-9-7)6-2-1-3-6/h9,12H,4-8H2,1-3H3,(H,14,15);6H,1-5H2,(H,9,11). The molecule has 8 nitrogen and oxygen atoms in total. The molecule has 3 rings (SSSR count). The fraction of sp³-hybridized carbons (Fsp3) is 0.842. The Hall–Kier alpha value is -1.83. The maximum Gasteiger partial charge on any atom is 0.407 e. The molecule has 0 atom stereocenters. The third-order valence-electron chi connectivity index (χ3n) is 5.52. The molecule has 0 aromatic carbocycles. The van der Waals surface area contributed by atoms with Crippen molar-refractivity contribution in [3.05, 3.63) is 0 Å². The van der Waals surface area contributed by atoms with Crippen molar-refractivity contribution in [3.8, 4) is 0 Å². The quantitative estimate of drug-likeness (QED) is 0.624. The molecule has 1 heterocycles. The highest BCUT2D eigenvalue weighted by Gasteiger charge is 2.34. The molecule has 27 heavy (non-hydrogen) atoms. The summed E-state index contributed by atoms with van der Waals surface area (Å²) in [5, 5.41) is 14.9. The number of piperazine rings is 1. The van der Waals surface area contributed by atoms with Gasteiger partial charge in [-0.1, -0.05) is 6.42 Å². The Kier molecular flexibility index (Phi) is 7.47.